The van der Waals surface area contributed by atoms with Crippen LogP contribution in [0.3, 0.4) is 0 Å². The van der Waals surface area contributed by atoms with Gasteiger partial charge in [0.05, 0.1) is 11.4 Å². The molecule has 0 radical (unpaired) electrons. The molecule has 2 aliphatic heterocycles. The van der Waals surface area contributed by atoms with E-state index in [2.05, 4.69) is 9.71 Å². The van der Waals surface area contributed by atoms with Gasteiger partial charge >= 0.3 is 0 Å². The molecule has 3 N–H and O–H groups in total. The SMILES string of the molecule is Cl.Nc1ccccc1NC(=O)C1CCN(C2=NS(=O)(=O)c3ccccc32)CC1. The third-order valence-corrected chi connectivity index (χ3v) is 6.32. The van der Waals surface area contributed by atoms with E-state index in [0.717, 1.165) is 0 Å². The van der Waals surface area contributed by atoms with Gasteiger partial charge in [-0.3, -0.25) is 4.79 Å². The summed E-state index contributed by atoms with van der Waals surface area (Å²) in [4.78, 5) is 14.7. The average Bonchev–Trinajstić information content (AvgIpc) is 2.95. The number of nitrogen functional groups attached to an aromatic ring is 1. The lowest BCUT2D eigenvalue weighted by atomic mass is 9.95. The number of amidine groups is 1. The Hall–Kier alpha value is -2.58. The molecule has 2 aromatic rings. The van der Waals surface area contributed by atoms with Crippen LogP contribution in [0.2, 0.25) is 0 Å². The maximum atomic E-state index is 12.5. The molecule has 2 heterocycles. The topological polar surface area (TPSA) is 105 Å². The van der Waals surface area contributed by atoms with Crippen molar-refractivity contribution < 1.29 is 13.2 Å². The second-order valence-corrected chi connectivity index (χ2v) is 8.30. The quantitative estimate of drug-likeness (QED) is 0.726. The summed E-state index contributed by atoms with van der Waals surface area (Å²) in [7, 11) is -3.63. The Morgan fingerprint density at radius 2 is 1.71 bits per heavy atom. The summed E-state index contributed by atoms with van der Waals surface area (Å²) in [5.41, 5.74) is 7.66. The van der Waals surface area contributed by atoms with E-state index in [9.17, 15) is 13.2 Å². The van der Waals surface area contributed by atoms with Crippen LogP contribution in [-0.4, -0.2) is 38.2 Å². The normalized spacial score (nSPS) is 18.0. The number of para-hydroxylation sites is 2. The van der Waals surface area contributed by atoms with E-state index in [-0.39, 0.29) is 29.1 Å². The van der Waals surface area contributed by atoms with Crippen molar-refractivity contribution in [2.75, 3.05) is 24.1 Å². The average molecular weight is 421 g/mol. The van der Waals surface area contributed by atoms with E-state index < -0.39 is 10.0 Å². The summed E-state index contributed by atoms with van der Waals surface area (Å²) in [6, 6.07) is 14.0. The first-order chi connectivity index (χ1) is 13.0. The first-order valence-electron chi connectivity index (χ1n) is 8.80. The van der Waals surface area contributed by atoms with Crippen LogP contribution < -0.4 is 11.1 Å². The molecule has 0 unspecified atom stereocenters. The van der Waals surface area contributed by atoms with Crippen LogP contribution in [0.5, 0.6) is 0 Å². The Labute approximate surface area is 170 Å². The second kappa shape index (κ2) is 7.81. The number of likely N-dealkylation sites (tertiary alicyclic amines) is 1. The molecule has 2 aromatic carbocycles. The van der Waals surface area contributed by atoms with Gasteiger partial charge in [-0.25, -0.2) is 0 Å². The molecule has 7 nitrogen and oxygen atoms in total. The first-order valence-corrected chi connectivity index (χ1v) is 10.2. The zero-order chi connectivity index (χ0) is 19.0. The summed E-state index contributed by atoms with van der Waals surface area (Å²) in [6.45, 7) is 1.15. The molecule has 0 aromatic heterocycles. The minimum Gasteiger partial charge on any atom is -0.397 e. The van der Waals surface area contributed by atoms with Crippen molar-refractivity contribution in [2.24, 2.45) is 10.3 Å². The third-order valence-electron chi connectivity index (χ3n) is 5.00. The monoisotopic (exact) mass is 420 g/mol. The Morgan fingerprint density at radius 1 is 1.07 bits per heavy atom. The number of amides is 1. The predicted molar refractivity (Wildman–Crippen MR) is 111 cm³/mol. The highest BCUT2D eigenvalue weighted by atomic mass is 35.5. The van der Waals surface area contributed by atoms with Crippen LogP contribution in [0.15, 0.2) is 57.8 Å². The maximum absolute atomic E-state index is 12.5. The van der Waals surface area contributed by atoms with E-state index in [1.165, 1.54) is 0 Å². The molecule has 9 heteroatoms. The van der Waals surface area contributed by atoms with E-state index in [0.29, 0.717) is 48.7 Å². The van der Waals surface area contributed by atoms with Crippen molar-refractivity contribution in [1.82, 2.24) is 4.90 Å². The molecule has 1 saturated heterocycles. The van der Waals surface area contributed by atoms with Crippen molar-refractivity contribution in [3.8, 4) is 0 Å². The standard InChI is InChI=1S/C19H20N4O3S.ClH/c20-15-6-2-3-7-16(15)21-19(24)13-9-11-23(12-10-13)18-14-5-1-4-8-17(14)27(25,26)22-18;/h1-8,13H,9-12,20H2,(H,21,24);1H. The fourth-order valence-electron chi connectivity index (χ4n) is 3.52. The van der Waals surface area contributed by atoms with Crippen molar-refractivity contribution in [3.05, 3.63) is 54.1 Å². The zero-order valence-corrected chi connectivity index (χ0v) is 16.7. The molecule has 0 saturated carbocycles. The number of nitrogens with two attached hydrogens (primary N) is 1. The highest BCUT2D eigenvalue weighted by molar-refractivity contribution is 7.90. The van der Waals surface area contributed by atoms with Gasteiger partial charge in [0.15, 0.2) is 5.84 Å². The van der Waals surface area contributed by atoms with E-state index in [4.69, 9.17) is 5.73 Å². The number of nitrogens with zero attached hydrogens (tertiary/aromatic N) is 2. The number of piperidine rings is 1. The van der Waals surface area contributed by atoms with Gasteiger partial charge in [0.25, 0.3) is 10.0 Å². The molecular weight excluding hydrogens is 400 g/mol. The van der Waals surface area contributed by atoms with Crippen LogP contribution in [0.4, 0.5) is 11.4 Å². The molecule has 28 heavy (non-hydrogen) atoms. The number of fused-ring (bicyclic) bond motifs is 1. The highest BCUT2D eigenvalue weighted by Gasteiger charge is 2.34. The number of carbonyl (C=O) groups is 1. The van der Waals surface area contributed by atoms with Gasteiger partial charge in [-0.2, -0.15) is 8.42 Å². The highest BCUT2D eigenvalue weighted by Crippen LogP contribution is 2.30. The fourth-order valence-corrected chi connectivity index (χ4v) is 4.74. The van der Waals surface area contributed by atoms with E-state index >= 15 is 0 Å². The number of hydrogen-bond donors (Lipinski definition) is 2. The van der Waals surface area contributed by atoms with E-state index in [1.807, 2.05) is 17.0 Å². The first kappa shape index (κ1) is 20.2. The van der Waals surface area contributed by atoms with Gasteiger partial charge in [0, 0.05) is 24.6 Å². The number of rotatable bonds is 2. The van der Waals surface area contributed by atoms with Crippen molar-refractivity contribution in [3.63, 3.8) is 0 Å². The molecule has 0 bridgehead atoms. The lowest BCUT2D eigenvalue weighted by Crippen LogP contribution is -2.41. The lowest BCUT2D eigenvalue weighted by molar-refractivity contribution is -0.120. The molecule has 0 spiro atoms. The number of benzene rings is 2. The molecular formula is C19H21ClN4O3S. The van der Waals surface area contributed by atoms with Crippen LogP contribution in [-0.2, 0) is 14.8 Å². The van der Waals surface area contributed by atoms with Gasteiger partial charge in [-0.15, -0.1) is 16.8 Å². The summed E-state index contributed by atoms with van der Waals surface area (Å²) >= 11 is 0. The molecule has 1 fully saturated rings. The number of carbonyl (C=O) groups excluding carboxylic acids is 1. The molecule has 2 aliphatic rings. The Bertz CT molecular complexity index is 1030. The summed E-state index contributed by atoms with van der Waals surface area (Å²) in [6.07, 6.45) is 1.25. The molecule has 1 amide bonds. The second-order valence-electron chi connectivity index (χ2n) is 6.72. The molecule has 4 rings (SSSR count). The van der Waals surface area contributed by atoms with Crippen molar-refractivity contribution in [1.29, 1.82) is 0 Å². The largest absolute Gasteiger partial charge is 0.397 e. The van der Waals surface area contributed by atoms with Crippen molar-refractivity contribution in [2.45, 2.75) is 17.7 Å². The molecule has 148 valence electrons. The Morgan fingerprint density at radius 3 is 2.43 bits per heavy atom. The Kier molecular flexibility index (Phi) is 5.62. The number of nitrogens with one attached hydrogen (secondary N) is 1. The van der Waals surface area contributed by atoms with Crippen LogP contribution in [0.1, 0.15) is 18.4 Å². The fraction of sp³-hybridized carbons (Fsp3) is 0.263. The van der Waals surface area contributed by atoms with E-state index in [1.54, 1.807) is 36.4 Å². The minimum absolute atomic E-state index is 0. The third kappa shape index (κ3) is 3.70. The number of hydrogen-bond acceptors (Lipinski definition) is 5. The number of sulfonamides is 1. The Balaban J connectivity index is 0.00000225. The predicted octanol–water partition coefficient (Wildman–Crippen LogP) is 2.49. The van der Waals surface area contributed by atoms with Crippen LogP contribution in [0, 0.1) is 5.92 Å². The van der Waals surface area contributed by atoms with Crippen LogP contribution in [0.25, 0.3) is 0 Å². The summed E-state index contributed by atoms with van der Waals surface area (Å²) < 4.78 is 28.4. The van der Waals surface area contributed by atoms with Crippen LogP contribution >= 0.6 is 12.4 Å². The summed E-state index contributed by atoms with van der Waals surface area (Å²) in [5, 5.41) is 2.88. The zero-order valence-electron chi connectivity index (χ0n) is 15.0. The van der Waals surface area contributed by atoms with Gasteiger partial charge in [0.2, 0.25) is 5.91 Å². The van der Waals surface area contributed by atoms with Crippen molar-refractivity contribution >= 4 is 45.5 Å². The van der Waals surface area contributed by atoms with Gasteiger partial charge < -0.3 is 16.0 Å². The number of halogens is 1. The van der Waals surface area contributed by atoms with Gasteiger partial charge in [-0.1, -0.05) is 24.3 Å². The summed E-state index contributed by atoms with van der Waals surface area (Å²) in [5.74, 6) is 0.278. The number of anilines is 2. The van der Waals surface area contributed by atoms with Gasteiger partial charge in [0.1, 0.15) is 4.90 Å². The molecule has 0 atom stereocenters. The lowest BCUT2D eigenvalue weighted by Gasteiger charge is -2.32. The van der Waals surface area contributed by atoms with Gasteiger partial charge in [-0.05, 0) is 37.1 Å². The maximum Gasteiger partial charge on any atom is 0.285 e. The smallest absolute Gasteiger partial charge is 0.285 e. The minimum atomic E-state index is -3.63. The molecule has 0 aliphatic carbocycles.